The van der Waals surface area contributed by atoms with E-state index in [0.29, 0.717) is 44.0 Å². The van der Waals surface area contributed by atoms with Crippen molar-refractivity contribution < 1.29 is 19.1 Å². The summed E-state index contributed by atoms with van der Waals surface area (Å²) >= 11 is 0. The average molecular weight is 425 g/mol. The van der Waals surface area contributed by atoms with Gasteiger partial charge in [-0.15, -0.1) is 12.4 Å². The summed E-state index contributed by atoms with van der Waals surface area (Å²) in [5.74, 6) is 0.601. The van der Waals surface area contributed by atoms with Crippen LogP contribution in [0.15, 0.2) is 24.3 Å². The van der Waals surface area contributed by atoms with E-state index in [9.17, 15) is 9.59 Å². The van der Waals surface area contributed by atoms with Gasteiger partial charge in [-0.3, -0.25) is 9.59 Å². The lowest BCUT2D eigenvalue weighted by Crippen LogP contribution is -2.40. The number of amides is 1. The Morgan fingerprint density at radius 3 is 2.41 bits per heavy atom. The summed E-state index contributed by atoms with van der Waals surface area (Å²) in [7, 11) is 1.39. The Balaban J connectivity index is 0.00000300. The molecule has 0 aromatic heterocycles. The number of halogens is 1. The lowest BCUT2D eigenvalue weighted by Gasteiger charge is -2.28. The number of piperidine rings is 1. The highest BCUT2D eigenvalue weighted by atomic mass is 35.5. The van der Waals surface area contributed by atoms with Crippen LogP contribution in [0, 0.1) is 11.8 Å². The van der Waals surface area contributed by atoms with Crippen molar-refractivity contribution in [3.63, 3.8) is 0 Å². The van der Waals surface area contributed by atoms with E-state index in [0.717, 1.165) is 24.2 Å². The molecule has 2 fully saturated rings. The minimum atomic E-state index is -0.393. The SMILES string of the molecule is CCOc1ccc(CC(CNC(=O)CC2CC3CCC(C2)N3)C(=O)OC)cc1.Cl. The van der Waals surface area contributed by atoms with E-state index in [-0.39, 0.29) is 24.3 Å². The Morgan fingerprint density at radius 1 is 1.17 bits per heavy atom. The van der Waals surface area contributed by atoms with E-state index < -0.39 is 5.92 Å². The van der Waals surface area contributed by atoms with Crippen LogP contribution < -0.4 is 15.4 Å². The van der Waals surface area contributed by atoms with E-state index in [4.69, 9.17) is 9.47 Å². The molecule has 0 radical (unpaired) electrons. The number of hydrogen-bond acceptors (Lipinski definition) is 5. The Morgan fingerprint density at radius 2 is 1.83 bits per heavy atom. The highest BCUT2D eigenvalue weighted by Crippen LogP contribution is 2.32. The third-order valence-corrected chi connectivity index (χ3v) is 5.84. The summed E-state index contributed by atoms with van der Waals surface area (Å²) in [6.07, 6.45) is 5.69. The van der Waals surface area contributed by atoms with Crippen LogP contribution in [0.3, 0.4) is 0 Å². The van der Waals surface area contributed by atoms with Crippen LogP contribution in [0.5, 0.6) is 5.75 Å². The maximum Gasteiger partial charge on any atom is 0.310 e. The molecule has 0 spiro atoms. The molecule has 1 amide bonds. The molecule has 2 aliphatic rings. The maximum atomic E-state index is 12.4. The molecule has 1 aromatic carbocycles. The number of fused-ring (bicyclic) bond motifs is 2. The zero-order chi connectivity index (χ0) is 19.9. The molecular weight excluding hydrogens is 392 g/mol. The Hall–Kier alpha value is -1.79. The van der Waals surface area contributed by atoms with E-state index in [1.54, 1.807) is 0 Å². The molecule has 0 aliphatic carbocycles. The minimum absolute atomic E-state index is 0. The summed E-state index contributed by atoms with van der Waals surface area (Å²) in [5.41, 5.74) is 1.02. The topological polar surface area (TPSA) is 76.7 Å². The van der Waals surface area contributed by atoms with Crippen LogP contribution in [-0.4, -0.2) is 44.2 Å². The second-order valence-electron chi connectivity index (χ2n) is 7.98. The number of benzene rings is 1. The zero-order valence-electron chi connectivity index (χ0n) is 17.3. The van der Waals surface area contributed by atoms with E-state index >= 15 is 0 Å². The first-order valence-corrected chi connectivity index (χ1v) is 10.4. The summed E-state index contributed by atoms with van der Waals surface area (Å²) < 4.78 is 10.4. The fraction of sp³-hybridized carbons (Fsp3) is 0.636. The number of nitrogens with one attached hydrogen (secondary N) is 2. The maximum absolute atomic E-state index is 12.4. The van der Waals surface area contributed by atoms with Gasteiger partial charge in [0.2, 0.25) is 5.91 Å². The van der Waals surface area contributed by atoms with E-state index in [2.05, 4.69) is 10.6 Å². The molecule has 7 heteroatoms. The number of carbonyl (C=O) groups is 2. The quantitative estimate of drug-likeness (QED) is 0.596. The van der Waals surface area contributed by atoms with Crippen LogP contribution in [0.1, 0.15) is 44.6 Å². The molecule has 3 rings (SSSR count). The van der Waals surface area contributed by atoms with Crippen molar-refractivity contribution in [2.45, 2.75) is 57.5 Å². The second kappa shape index (κ2) is 11.4. The summed E-state index contributed by atoms with van der Waals surface area (Å²) in [4.78, 5) is 24.6. The summed E-state index contributed by atoms with van der Waals surface area (Å²) in [5, 5.41) is 6.57. The number of ether oxygens (including phenoxy) is 2. The molecule has 2 bridgehead atoms. The summed E-state index contributed by atoms with van der Waals surface area (Å²) in [6, 6.07) is 8.87. The Kier molecular flexibility index (Phi) is 9.24. The van der Waals surface area contributed by atoms with Crippen molar-refractivity contribution >= 4 is 24.3 Å². The van der Waals surface area contributed by atoms with Crippen LogP contribution in [-0.2, 0) is 20.7 Å². The number of hydrogen-bond donors (Lipinski definition) is 2. The van der Waals surface area contributed by atoms with Gasteiger partial charge in [-0.1, -0.05) is 12.1 Å². The molecule has 1 aromatic rings. The normalized spacial score (nSPS) is 23.6. The zero-order valence-corrected chi connectivity index (χ0v) is 18.1. The molecule has 2 aliphatic heterocycles. The molecule has 2 N–H and O–H groups in total. The van der Waals surface area contributed by atoms with Gasteiger partial charge in [-0.2, -0.15) is 0 Å². The largest absolute Gasteiger partial charge is 0.494 e. The lowest BCUT2D eigenvalue weighted by atomic mass is 9.89. The van der Waals surface area contributed by atoms with Gasteiger partial charge < -0.3 is 20.1 Å². The third-order valence-electron chi connectivity index (χ3n) is 5.84. The molecule has 2 saturated heterocycles. The van der Waals surface area contributed by atoms with Crippen molar-refractivity contribution in [3.05, 3.63) is 29.8 Å². The fourth-order valence-corrected chi connectivity index (χ4v) is 4.49. The van der Waals surface area contributed by atoms with Crippen LogP contribution in [0.4, 0.5) is 0 Å². The van der Waals surface area contributed by atoms with Crippen LogP contribution in [0.2, 0.25) is 0 Å². The van der Waals surface area contributed by atoms with E-state index in [1.807, 2.05) is 31.2 Å². The van der Waals surface area contributed by atoms with Crippen LogP contribution in [0.25, 0.3) is 0 Å². The molecule has 0 saturated carbocycles. The van der Waals surface area contributed by atoms with Crippen molar-refractivity contribution in [1.82, 2.24) is 10.6 Å². The van der Waals surface area contributed by atoms with Crippen molar-refractivity contribution in [2.24, 2.45) is 11.8 Å². The van der Waals surface area contributed by atoms with Gasteiger partial charge in [0.15, 0.2) is 0 Å². The van der Waals surface area contributed by atoms with Crippen molar-refractivity contribution in [2.75, 3.05) is 20.3 Å². The number of rotatable bonds is 9. The first-order valence-electron chi connectivity index (χ1n) is 10.4. The first kappa shape index (κ1) is 23.5. The predicted molar refractivity (Wildman–Crippen MR) is 114 cm³/mol. The van der Waals surface area contributed by atoms with Gasteiger partial charge in [0.25, 0.3) is 0 Å². The first-order chi connectivity index (χ1) is 13.6. The van der Waals surface area contributed by atoms with Gasteiger partial charge in [-0.05, 0) is 62.6 Å². The van der Waals surface area contributed by atoms with Gasteiger partial charge >= 0.3 is 5.97 Å². The third kappa shape index (κ3) is 6.89. The molecule has 2 heterocycles. The Bertz CT molecular complexity index is 655. The van der Waals surface area contributed by atoms with E-state index in [1.165, 1.54) is 20.0 Å². The Labute approximate surface area is 179 Å². The fourth-order valence-electron chi connectivity index (χ4n) is 4.49. The predicted octanol–water partition coefficient (Wildman–Crippen LogP) is 2.88. The minimum Gasteiger partial charge on any atom is -0.494 e. The lowest BCUT2D eigenvalue weighted by molar-refractivity contribution is -0.145. The smallest absolute Gasteiger partial charge is 0.310 e. The van der Waals surface area contributed by atoms with Gasteiger partial charge in [0, 0.05) is 25.0 Å². The van der Waals surface area contributed by atoms with Crippen molar-refractivity contribution in [1.29, 1.82) is 0 Å². The van der Waals surface area contributed by atoms with Gasteiger partial charge in [0.1, 0.15) is 5.75 Å². The average Bonchev–Trinajstić information content (AvgIpc) is 3.04. The summed E-state index contributed by atoms with van der Waals surface area (Å²) in [6.45, 7) is 2.86. The standard InChI is InChI=1S/C22H32N2O4.ClH/c1-3-28-20-8-4-15(5-9-20)10-17(22(26)27-2)14-23-21(25)13-16-11-18-6-7-19(12-16)24-18;/h4-5,8-9,16-19,24H,3,6-7,10-14H2,1-2H3,(H,23,25);1H. The monoisotopic (exact) mass is 424 g/mol. The molecule has 3 atom stereocenters. The van der Waals surface area contributed by atoms with Crippen molar-refractivity contribution in [3.8, 4) is 5.75 Å². The van der Waals surface area contributed by atoms with Gasteiger partial charge in [0.05, 0.1) is 19.6 Å². The molecule has 3 unspecified atom stereocenters. The second-order valence-corrected chi connectivity index (χ2v) is 7.98. The molecule has 162 valence electrons. The van der Waals surface area contributed by atoms with Crippen LogP contribution >= 0.6 is 12.4 Å². The highest BCUT2D eigenvalue weighted by Gasteiger charge is 2.34. The number of methoxy groups -OCH3 is 1. The number of carbonyl (C=O) groups excluding carboxylic acids is 2. The molecule has 29 heavy (non-hydrogen) atoms. The molecule has 6 nitrogen and oxygen atoms in total. The van der Waals surface area contributed by atoms with Gasteiger partial charge in [-0.25, -0.2) is 0 Å². The number of esters is 1. The highest BCUT2D eigenvalue weighted by molar-refractivity contribution is 5.85. The molecular formula is C22H33ClN2O4.